The molecule has 0 radical (unpaired) electrons. The number of benzene rings is 1. The van der Waals surface area contributed by atoms with Crippen LogP contribution in [0.5, 0.6) is 0 Å². The lowest BCUT2D eigenvalue weighted by molar-refractivity contribution is -0.127. The van der Waals surface area contributed by atoms with Crippen LogP contribution in [0.4, 0.5) is 4.79 Å². The molecule has 3 amide bonds. The molecule has 2 rings (SSSR count). The number of H-pyrrole nitrogens is 1. The molecule has 7 nitrogen and oxygen atoms in total. The number of urea groups is 1. The van der Waals surface area contributed by atoms with Gasteiger partial charge in [-0.15, -0.1) is 0 Å². The Bertz CT molecular complexity index is 644. The molecule has 1 atom stereocenters. The molecular weight excluding hydrogens is 262 g/mol. The molecule has 4 N–H and O–H groups in total. The highest BCUT2D eigenvalue weighted by Gasteiger charge is 2.20. The number of aromatic nitrogens is 1. The fraction of sp³-hybridized carbons (Fsp3) is 0.154. The molecule has 0 saturated carbocycles. The topological polar surface area (TPSA) is 114 Å². The highest BCUT2D eigenvalue weighted by atomic mass is 16.5. The maximum atomic E-state index is 11.9. The van der Waals surface area contributed by atoms with Crippen LogP contribution >= 0.6 is 0 Å². The van der Waals surface area contributed by atoms with Crippen molar-refractivity contribution in [2.75, 3.05) is 0 Å². The number of carbonyl (C=O) groups excluding carboxylic acids is 3. The standard InChI is InChI=1S/C13H13N3O4/c1-7(11(17)16-13(14)19)20-12(18)10-6-8-4-2-3-5-9(8)15-10/h2-7,15H,1H3,(H3,14,16,17,19)/t7-/m1/s1. The summed E-state index contributed by atoms with van der Waals surface area (Å²) >= 11 is 0. The first-order valence-electron chi connectivity index (χ1n) is 5.86. The number of hydrogen-bond donors (Lipinski definition) is 3. The van der Waals surface area contributed by atoms with Crippen LogP contribution in [0.1, 0.15) is 17.4 Å². The van der Waals surface area contributed by atoms with Crippen molar-refractivity contribution in [1.82, 2.24) is 10.3 Å². The van der Waals surface area contributed by atoms with Crippen LogP contribution < -0.4 is 11.1 Å². The number of primary amides is 1. The maximum absolute atomic E-state index is 11.9. The lowest BCUT2D eigenvalue weighted by atomic mass is 10.2. The fourth-order valence-corrected chi connectivity index (χ4v) is 1.68. The lowest BCUT2D eigenvalue weighted by Gasteiger charge is -2.10. The van der Waals surface area contributed by atoms with E-state index in [2.05, 4.69) is 4.98 Å². The van der Waals surface area contributed by atoms with Crippen LogP contribution in [0, 0.1) is 0 Å². The van der Waals surface area contributed by atoms with Crippen LogP contribution in [0.2, 0.25) is 0 Å². The van der Waals surface area contributed by atoms with Crippen molar-refractivity contribution >= 4 is 28.8 Å². The summed E-state index contributed by atoms with van der Waals surface area (Å²) in [7, 11) is 0. The molecule has 0 aliphatic rings. The average Bonchev–Trinajstić information content (AvgIpc) is 2.81. The number of amides is 3. The van der Waals surface area contributed by atoms with Gasteiger partial charge in [0.05, 0.1) is 0 Å². The summed E-state index contributed by atoms with van der Waals surface area (Å²) in [5.74, 6) is -1.46. The summed E-state index contributed by atoms with van der Waals surface area (Å²) in [5.41, 5.74) is 5.82. The number of ether oxygens (including phenoxy) is 1. The number of para-hydroxylation sites is 1. The third-order valence-corrected chi connectivity index (χ3v) is 2.65. The minimum absolute atomic E-state index is 0.227. The zero-order valence-corrected chi connectivity index (χ0v) is 10.7. The molecule has 0 unspecified atom stereocenters. The van der Waals surface area contributed by atoms with Crippen molar-refractivity contribution in [2.24, 2.45) is 5.73 Å². The normalized spacial score (nSPS) is 11.8. The predicted octanol–water partition coefficient (Wildman–Crippen LogP) is 0.908. The predicted molar refractivity (Wildman–Crippen MR) is 70.9 cm³/mol. The third kappa shape index (κ3) is 2.94. The van der Waals surface area contributed by atoms with Gasteiger partial charge in [-0.3, -0.25) is 10.1 Å². The number of carbonyl (C=O) groups is 3. The van der Waals surface area contributed by atoms with Crippen molar-refractivity contribution in [3.63, 3.8) is 0 Å². The van der Waals surface area contributed by atoms with E-state index in [1.54, 1.807) is 6.07 Å². The Morgan fingerprint density at radius 3 is 2.65 bits per heavy atom. The Kier molecular flexibility index (Phi) is 3.69. The SMILES string of the molecule is C[C@@H](OC(=O)c1cc2ccccc2[nH]1)C(=O)NC(N)=O. The van der Waals surface area contributed by atoms with E-state index in [1.165, 1.54) is 6.92 Å². The number of nitrogens with one attached hydrogen (secondary N) is 2. The molecule has 0 bridgehead atoms. The monoisotopic (exact) mass is 275 g/mol. The number of hydrogen-bond acceptors (Lipinski definition) is 4. The second-order valence-corrected chi connectivity index (χ2v) is 4.17. The van der Waals surface area contributed by atoms with E-state index in [9.17, 15) is 14.4 Å². The Hall–Kier alpha value is -2.83. The zero-order valence-electron chi connectivity index (χ0n) is 10.7. The second kappa shape index (κ2) is 5.43. The number of aromatic amines is 1. The third-order valence-electron chi connectivity index (χ3n) is 2.65. The van der Waals surface area contributed by atoms with Crippen molar-refractivity contribution in [3.05, 3.63) is 36.0 Å². The van der Waals surface area contributed by atoms with Crippen LogP contribution in [0.25, 0.3) is 10.9 Å². The van der Waals surface area contributed by atoms with Gasteiger partial charge in [-0.1, -0.05) is 18.2 Å². The first-order valence-corrected chi connectivity index (χ1v) is 5.86. The van der Waals surface area contributed by atoms with E-state index < -0.39 is 24.0 Å². The number of nitrogens with two attached hydrogens (primary N) is 1. The first kappa shape index (κ1) is 13.6. The Balaban J connectivity index is 2.08. The number of fused-ring (bicyclic) bond motifs is 1. The van der Waals surface area contributed by atoms with Gasteiger partial charge in [0.2, 0.25) is 0 Å². The van der Waals surface area contributed by atoms with Gasteiger partial charge in [0.15, 0.2) is 6.10 Å². The second-order valence-electron chi connectivity index (χ2n) is 4.17. The van der Waals surface area contributed by atoms with E-state index >= 15 is 0 Å². The fourth-order valence-electron chi connectivity index (χ4n) is 1.68. The van der Waals surface area contributed by atoms with Gasteiger partial charge >= 0.3 is 12.0 Å². The minimum atomic E-state index is -1.12. The summed E-state index contributed by atoms with van der Waals surface area (Å²) in [4.78, 5) is 36.7. The quantitative estimate of drug-likeness (QED) is 0.722. The van der Waals surface area contributed by atoms with Crippen molar-refractivity contribution in [2.45, 2.75) is 13.0 Å². The van der Waals surface area contributed by atoms with Gasteiger partial charge < -0.3 is 15.5 Å². The largest absolute Gasteiger partial charge is 0.448 e. The van der Waals surface area contributed by atoms with E-state index in [0.717, 1.165) is 10.9 Å². The summed E-state index contributed by atoms with van der Waals surface area (Å²) < 4.78 is 4.94. The van der Waals surface area contributed by atoms with Crippen LogP contribution in [-0.2, 0) is 9.53 Å². The highest BCUT2D eigenvalue weighted by molar-refractivity contribution is 5.99. The van der Waals surface area contributed by atoms with Crippen LogP contribution in [0.3, 0.4) is 0 Å². The summed E-state index contributed by atoms with van der Waals surface area (Å²) in [6.07, 6.45) is -1.12. The van der Waals surface area contributed by atoms with Gasteiger partial charge in [-0.25, -0.2) is 9.59 Å². The Morgan fingerprint density at radius 2 is 2.00 bits per heavy atom. The van der Waals surface area contributed by atoms with E-state index in [1.807, 2.05) is 29.6 Å². The summed E-state index contributed by atoms with van der Waals surface area (Å²) in [6, 6.07) is 7.95. The molecule has 7 heteroatoms. The van der Waals surface area contributed by atoms with Gasteiger partial charge in [-0.05, 0) is 19.1 Å². The molecule has 0 aliphatic heterocycles. The highest BCUT2D eigenvalue weighted by Crippen LogP contribution is 2.15. The number of imide groups is 1. The van der Waals surface area contributed by atoms with Crippen molar-refractivity contribution in [1.29, 1.82) is 0 Å². The number of esters is 1. The van der Waals surface area contributed by atoms with E-state index in [4.69, 9.17) is 10.5 Å². The maximum Gasteiger partial charge on any atom is 0.355 e. The molecule has 0 saturated heterocycles. The summed E-state index contributed by atoms with van der Waals surface area (Å²) in [5, 5.41) is 2.69. The zero-order chi connectivity index (χ0) is 14.7. The number of rotatable bonds is 3. The molecule has 1 aromatic heterocycles. The molecule has 104 valence electrons. The smallest absolute Gasteiger partial charge is 0.355 e. The minimum Gasteiger partial charge on any atom is -0.448 e. The molecule has 0 aliphatic carbocycles. The molecular formula is C13H13N3O4. The molecule has 20 heavy (non-hydrogen) atoms. The van der Waals surface area contributed by atoms with Gasteiger partial charge in [0, 0.05) is 10.9 Å². The Labute approximate surface area is 114 Å². The molecule has 1 heterocycles. The first-order chi connectivity index (χ1) is 9.47. The molecule has 1 aromatic carbocycles. The van der Waals surface area contributed by atoms with Crippen LogP contribution in [0.15, 0.2) is 30.3 Å². The van der Waals surface area contributed by atoms with Gasteiger partial charge in [0.25, 0.3) is 5.91 Å². The van der Waals surface area contributed by atoms with Crippen molar-refractivity contribution in [3.8, 4) is 0 Å². The van der Waals surface area contributed by atoms with Crippen molar-refractivity contribution < 1.29 is 19.1 Å². The van der Waals surface area contributed by atoms with E-state index in [0.29, 0.717) is 0 Å². The Morgan fingerprint density at radius 1 is 1.30 bits per heavy atom. The van der Waals surface area contributed by atoms with Crippen LogP contribution in [-0.4, -0.2) is 29.0 Å². The lowest BCUT2D eigenvalue weighted by Crippen LogP contribution is -2.42. The summed E-state index contributed by atoms with van der Waals surface area (Å²) in [6.45, 7) is 1.35. The van der Waals surface area contributed by atoms with Gasteiger partial charge in [0.1, 0.15) is 5.69 Å². The van der Waals surface area contributed by atoms with E-state index in [-0.39, 0.29) is 5.69 Å². The molecule has 2 aromatic rings. The average molecular weight is 275 g/mol. The molecule has 0 fully saturated rings. The van der Waals surface area contributed by atoms with Gasteiger partial charge in [-0.2, -0.15) is 0 Å². The molecule has 0 spiro atoms.